The van der Waals surface area contributed by atoms with Crippen LogP contribution in [0.2, 0.25) is 0 Å². The molecule has 7 heteroatoms. The number of nitrogens with zero attached hydrogens (tertiary/aromatic N) is 2. The van der Waals surface area contributed by atoms with E-state index in [4.69, 9.17) is 0 Å². The third kappa shape index (κ3) is 4.30. The highest BCUT2D eigenvalue weighted by atomic mass is 32.2. The van der Waals surface area contributed by atoms with E-state index in [1.807, 2.05) is 43.5 Å². The molecule has 1 aliphatic rings. The number of thiazole rings is 1. The number of aryl methyl sites for hydroxylation is 2. The molecule has 0 saturated heterocycles. The van der Waals surface area contributed by atoms with Crippen LogP contribution in [-0.4, -0.2) is 27.1 Å². The molecule has 124 valence electrons. The highest BCUT2D eigenvalue weighted by Crippen LogP contribution is 2.28. The minimum Gasteiger partial charge on any atom is -0.326 e. The summed E-state index contributed by atoms with van der Waals surface area (Å²) in [6.45, 7) is 3.93. The van der Waals surface area contributed by atoms with E-state index in [2.05, 4.69) is 15.3 Å². The van der Waals surface area contributed by atoms with Crippen LogP contribution in [0.25, 0.3) is 0 Å². The quantitative estimate of drug-likeness (QED) is 0.888. The zero-order chi connectivity index (χ0) is 17.1. The number of anilines is 1. The Balaban J connectivity index is 1.54. The molecule has 2 heterocycles. The Morgan fingerprint density at radius 2 is 2.00 bits per heavy atom. The van der Waals surface area contributed by atoms with E-state index in [1.165, 1.54) is 11.8 Å². The van der Waals surface area contributed by atoms with Gasteiger partial charge in [0.2, 0.25) is 5.91 Å². The van der Waals surface area contributed by atoms with Crippen LogP contribution in [0.1, 0.15) is 22.7 Å². The molecular weight excluding hydrogens is 342 g/mol. The van der Waals surface area contributed by atoms with Crippen molar-refractivity contribution >= 4 is 45.6 Å². The minimum atomic E-state index is -0.438. The Hall–Kier alpha value is -1.99. The maximum absolute atomic E-state index is 12.1. The Kier molecular flexibility index (Phi) is 5.11. The number of amides is 2. The summed E-state index contributed by atoms with van der Waals surface area (Å²) in [5, 5.41) is 6.04. The number of nitrogens with one attached hydrogen (secondary N) is 1. The van der Waals surface area contributed by atoms with Crippen molar-refractivity contribution in [2.45, 2.75) is 31.9 Å². The lowest BCUT2D eigenvalue weighted by Crippen LogP contribution is -2.21. The van der Waals surface area contributed by atoms with E-state index < -0.39 is 5.25 Å². The molecule has 0 unspecified atom stereocenters. The van der Waals surface area contributed by atoms with Gasteiger partial charge in [0.05, 0.1) is 10.1 Å². The lowest BCUT2D eigenvalue weighted by atomic mass is 10.2. The lowest BCUT2D eigenvalue weighted by Gasteiger charge is -2.08. The second-order valence-corrected chi connectivity index (χ2v) is 7.85. The molecule has 0 radical (unpaired) electrons. The molecule has 0 spiro atoms. The fraction of sp³-hybridized carbons (Fsp3) is 0.294. The minimum absolute atomic E-state index is 0.126. The number of carbonyl (C=O) groups excluding carboxylic acids is 2. The van der Waals surface area contributed by atoms with Crippen LogP contribution in [0, 0.1) is 13.8 Å². The van der Waals surface area contributed by atoms with E-state index in [-0.39, 0.29) is 18.2 Å². The summed E-state index contributed by atoms with van der Waals surface area (Å²) in [6, 6.07) is 7.57. The lowest BCUT2D eigenvalue weighted by molar-refractivity contribution is -0.121. The van der Waals surface area contributed by atoms with E-state index in [0.29, 0.717) is 6.42 Å². The third-order valence-corrected chi connectivity index (χ3v) is 5.59. The molecule has 5 nitrogen and oxygen atoms in total. The number of rotatable bonds is 5. The van der Waals surface area contributed by atoms with Gasteiger partial charge in [-0.2, -0.15) is 0 Å². The number of benzene rings is 1. The maximum atomic E-state index is 12.1. The van der Waals surface area contributed by atoms with Gasteiger partial charge in [0, 0.05) is 29.6 Å². The van der Waals surface area contributed by atoms with Crippen molar-refractivity contribution in [1.29, 1.82) is 0 Å². The van der Waals surface area contributed by atoms with Crippen molar-refractivity contribution in [2.75, 3.05) is 5.32 Å². The van der Waals surface area contributed by atoms with Gasteiger partial charge in [-0.05, 0) is 26.0 Å². The number of thioether (sulfide) groups is 1. The van der Waals surface area contributed by atoms with Crippen molar-refractivity contribution in [3.63, 3.8) is 0 Å². The number of carbonyl (C=O) groups is 2. The molecule has 24 heavy (non-hydrogen) atoms. The Labute approximate surface area is 148 Å². The molecule has 2 aromatic rings. The maximum Gasteiger partial charge on any atom is 0.260 e. The van der Waals surface area contributed by atoms with Crippen LogP contribution in [0.4, 0.5) is 5.69 Å². The third-order valence-electron chi connectivity index (χ3n) is 3.46. The first-order chi connectivity index (χ1) is 11.5. The summed E-state index contributed by atoms with van der Waals surface area (Å²) in [5.74, 6) is -0.409. The van der Waals surface area contributed by atoms with Crippen LogP contribution in [0.15, 0.2) is 34.6 Å². The average Bonchev–Trinajstić information content (AvgIpc) is 3.08. The summed E-state index contributed by atoms with van der Waals surface area (Å²) < 4.78 is 0. The molecule has 1 aromatic heterocycles. The second-order valence-electron chi connectivity index (χ2n) is 5.63. The largest absolute Gasteiger partial charge is 0.326 e. The summed E-state index contributed by atoms with van der Waals surface area (Å²) >= 11 is 2.93. The molecule has 1 atom stereocenters. The Bertz CT molecular complexity index is 796. The van der Waals surface area contributed by atoms with E-state index in [9.17, 15) is 9.59 Å². The van der Waals surface area contributed by atoms with Crippen LogP contribution in [0.5, 0.6) is 0 Å². The van der Waals surface area contributed by atoms with Gasteiger partial charge < -0.3 is 5.32 Å². The summed E-state index contributed by atoms with van der Waals surface area (Å²) in [4.78, 5) is 32.6. The summed E-state index contributed by atoms with van der Waals surface area (Å²) in [7, 11) is 0. The van der Waals surface area contributed by atoms with Crippen LogP contribution in [-0.2, 0) is 16.0 Å². The molecule has 1 N–H and O–H groups in total. The first-order valence-corrected chi connectivity index (χ1v) is 9.31. The zero-order valence-corrected chi connectivity index (χ0v) is 15.0. The van der Waals surface area contributed by atoms with Gasteiger partial charge in [-0.3, -0.25) is 9.59 Å². The van der Waals surface area contributed by atoms with Crippen LogP contribution < -0.4 is 5.32 Å². The van der Waals surface area contributed by atoms with Crippen molar-refractivity contribution < 1.29 is 9.59 Å². The van der Waals surface area contributed by atoms with Crippen molar-refractivity contribution in [1.82, 2.24) is 4.98 Å². The standard InChI is InChI=1S/C17H17N3O2S2/c1-10-3-5-12(6-4-10)19-14(21)7-13-17(22)20-16(24-13)8-15-18-11(2)9-23-15/h3-6,9,13H,7-8H2,1-2H3,(H,19,21)/t13-/m1/s1. The zero-order valence-electron chi connectivity index (χ0n) is 13.4. The monoisotopic (exact) mass is 359 g/mol. The van der Waals surface area contributed by atoms with Gasteiger partial charge in [0.25, 0.3) is 5.91 Å². The molecule has 0 bridgehead atoms. The summed E-state index contributed by atoms with van der Waals surface area (Å²) in [5.41, 5.74) is 2.84. The summed E-state index contributed by atoms with van der Waals surface area (Å²) in [6.07, 6.45) is 0.687. The van der Waals surface area contributed by atoms with Gasteiger partial charge >= 0.3 is 0 Å². The van der Waals surface area contributed by atoms with E-state index in [0.717, 1.165) is 27.0 Å². The molecular formula is C17H17N3O2S2. The Morgan fingerprint density at radius 1 is 1.25 bits per heavy atom. The normalized spacial score (nSPS) is 17.0. The molecule has 1 aliphatic heterocycles. The highest BCUT2D eigenvalue weighted by molar-refractivity contribution is 8.15. The molecule has 1 aromatic carbocycles. The number of hydrogen-bond acceptors (Lipinski definition) is 5. The molecule has 0 saturated carbocycles. The van der Waals surface area contributed by atoms with Gasteiger partial charge in [-0.15, -0.1) is 11.3 Å². The van der Waals surface area contributed by atoms with Gasteiger partial charge in [0.15, 0.2) is 0 Å². The molecule has 0 fully saturated rings. The topological polar surface area (TPSA) is 71.4 Å². The molecule has 2 amide bonds. The number of hydrogen-bond donors (Lipinski definition) is 1. The average molecular weight is 359 g/mol. The predicted molar refractivity (Wildman–Crippen MR) is 98.8 cm³/mol. The fourth-order valence-electron chi connectivity index (χ4n) is 2.28. The molecule has 3 rings (SSSR count). The van der Waals surface area contributed by atoms with Gasteiger partial charge in [-0.1, -0.05) is 29.5 Å². The Morgan fingerprint density at radius 3 is 2.67 bits per heavy atom. The number of aliphatic imine (C=N–C) groups is 1. The van der Waals surface area contributed by atoms with Crippen LogP contribution >= 0.6 is 23.1 Å². The number of aromatic nitrogens is 1. The predicted octanol–water partition coefficient (Wildman–Crippen LogP) is 3.37. The first kappa shape index (κ1) is 16.9. The van der Waals surface area contributed by atoms with E-state index in [1.54, 1.807) is 11.3 Å². The SMILES string of the molecule is Cc1ccc(NC(=O)C[C@H]2SC(Cc3nc(C)cs3)=NC2=O)cc1. The highest BCUT2D eigenvalue weighted by Gasteiger charge is 2.30. The van der Waals surface area contributed by atoms with Gasteiger partial charge in [-0.25, -0.2) is 9.98 Å². The molecule has 0 aliphatic carbocycles. The van der Waals surface area contributed by atoms with E-state index >= 15 is 0 Å². The van der Waals surface area contributed by atoms with Crippen molar-refractivity contribution in [3.8, 4) is 0 Å². The second kappa shape index (κ2) is 7.27. The fourth-order valence-corrected chi connectivity index (χ4v) is 4.22. The van der Waals surface area contributed by atoms with Gasteiger partial charge in [0.1, 0.15) is 5.25 Å². The first-order valence-electron chi connectivity index (χ1n) is 7.55. The van der Waals surface area contributed by atoms with Crippen molar-refractivity contribution in [2.24, 2.45) is 4.99 Å². The van der Waals surface area contributed by atoms with Crippen molar-refractivity contribution in [3.05, 3.63) is 45.9 Å². The van der Waals surface area contributed by atoms with Crippen LogP contribution in [0.3, 0.4) is 0 Å². The smallest absolute Gasteiger partial charge is 0.260 e.